The van der Waals surface area contributed by atoms with Crippen LogP contribution in [0.4, 0.5) is 5.82 Å². The Morgan fingerprint density at radius 2 is 2.00 bits per heavy atom. The molecular formula is C10H19N3S. The number of rotatable bonds is 2. The molecule has 14 heavy (non-hydrogen) atoms. The van der Waals surface area contributed by atoms with Crippen LogP contribution in [0.5, 0.6) is 0 Å². The molecule has 0 bridgehead atoms. The SMILES string of the molecule is CC(C)Sc1cnn(C(C)(C)C)c1N. The molecule has 2 N–H and O–H groups in total. The monoisotopic (exact) mass is 213 g/mol. The predicted octanol–water partition coefficient (Wildman–Crippen LogP) is 2.72. The molecule has 0 aliphatic carbocycles. The Morgan fingerprint density at radius 1 is 1.43 bits per heavy atom. The van der Waals surface area contributed by atoms with Crippen molar-refractivity contribution >= 4 is 17.6 Å². The Kier molecular flexibility index (Phi) is 3.14. The average Bonchev–Trinajstić information content (AvgIpc) is 2.30. The van der Waals surface area contributed by atoms with Crippen LogP contribution in [-0.2, 0) is 5.54 Å². The van der Waals surface area contributed by atoms with Crippen molar-refractivity contribution in [3.05, 3.63) is 6.20 Å². The van der Waals surface area contributed by atoms with E-state index in [1.54, 1.807) is 11.8 Å². The lowest BCUT2D eigenvalue weighted by Crippen LogP contribution is -2.24. The molecule has 80 valence electrons. The molecule has 1 heterocycles. The molecule has 4 heteroatoms. The fourth-order valence-corrected chi connectivity index (χ4v) is 2.05. The number of aromatic nitrogens is 2. The second-order valence-corrected chi connectivity index (χ2v) is 6.26. The van der Waals surface area contributed by atoms with Gasteiger partial charge in [0.1, 0.15) is 5.82 Å². The van der Waals surface area contributed by atoms with E-state index in [-0.39, 0.29) is 5.54 Å². The Bertz CT molecular complexity index is 310. The van der Waals surface area contributed by atoms with Gasteiger partial charge in [0, 0.05) is 5.25 Å². The van der Waals surface area contributed by atoms with Gasteiger partial charge in [0.15, 0.2) is 0 Å². The zero-order valence-electron chi connectivity index (χ0n) is 9.53. The third kappa shape index (κ3) is 2.44. The van der Waals surface area contributed by atoms with E-state index in [1.807, 2.05) is 10.9 Å². The number of nitrogen functional groups attached to an aromatic ring is 1. The Morgan fingerprint density at radius 3 is 2.36 bits per heavy atom. The summed E-state index contributed by atoms with van der Waals surface area (Å²) in [4.78, 5) is 1.08. The highest BCUT2D eigenvalue weighted by Crippen LogP contribution is 2.30. The lowest BCUT2D eigenvalue weighted by Gasteiger charge is -2.21. The first-order valence-corrected chi connectivity index (χ1v) is 5.71. The van der Waals surface area contributed by atoms with Gasteiger partial charge in [0.2, 0.25) is 0 Å². The maximum atomic E-state index is 6.02. The molecule has 0 aliphatic heterocycles. The quantitative estimate of drug-likeness (QED) is 0.768. The van der Waals surface area contributed by atoms with Crippen LogP contribution in [0.15, 0.2) is 11.1 Å². The molecule has 0 saturated heterocycles. The van der Waals surface area contributed by atoms with Crippen molar-refractivity contribution in [1.82, 2.24) is 9.78 Å². The Labute approximate surface area is 90.1 Å². The molecule has 1 aromatic heterocycles. The first-order valence-electron chi connectivity index (χ1n) is 4.83. The van der Waals surface area contributed by atoms with Crippen LogP contribution in [0.1, 0.15) is 34.6 Å². The van der Waals surface area contributed by atoms with Gasteiger partial charge in [-0.1, -0.05) is 13.8 Å². The molecule has 3 nitrogen and oxygen atoms in total. The van der Waals surface area contributed by atoms with Gasteiger partial charge in [-0.15, -0.1) is 11.8 Å². The summed E-state index contributed by atoms with van der Waals surface area (Å²) in [6.45, 7) is 10.6. The van der Waals surface area contributed by atoms with Crippen LogP contribution in [0.3, 0.4) is 0 Å². The summed E-state index contributed by atoms with van der Waals surface area (Å²) in [5.74, 6) is 0.774. The normalized spacial score (nSPS) is 12.4. The summed E-state index contributed by atoms with van der Waals surface area (Å²) in [5.41, 5.74) is 5.98. The van der Waals surface area contributed by atoms with E-state index in [4.69, 9.17) is 5.73 Å². The van der Waals surface area contributed by atoms with E-state index in [0.29, 0.717) is 5.25 Å². The summed E-state index contributed by atoms with van der Waals surface area (Å²) < 4.78 is 1.87. The molecule has 0 radical (unpaired) electrons. The van der Waals surface area contributed by atoms with Crippen molar-refractivity contribution in [1.29, 1.82) is 0 Å². The third-order valence-electron chi connectivity index (χ3n) is 1.77. The first-order chi connectivity index (χ1) is 6.32. The number of hydrogen-bond donors (Lipinski definition) is 1. The number of nitrogens with two attached hydrogens (primary N) is 1. The highest BCUT2D eigenvalue weighted by atomic mass is 32.2. The van der Waals surface area contributed by atoms with Crippen LogP contribution in [0, 0.1) is 0 Å². The fraction of sp³-hybridized carbons (Fsp3) is 0.700. The number of hydrogen-bond acceptors (Lipinski definition) is 3. The van der Waals surface area contributed by atoms with Gasteiger partial charge in [0.25, 0.3) is 0 Å². The van der Waals surface area contributed by atoms with Crippen molar-refractivity contribution in [3.63, 3.8) is 0 Å². The van der Waals surface area contributed by atoms with E-state index < -0.39 is 0 Å². The molecule has 0 spiro atoms. The van der Waals surface area contributed by atoms with E-state index in [0.717, 1.165) is 10.7 Å². The van der Waals surface area contributed by atoms with Crippen LogP contribution in [0.2, 0.25) is 0 Å². The topological polar surface area (TPSA) is 43.8 Å². The number of nitrogens with zero attached hydrogens (tertiary/aromatic N) is 2. The highest BCUT2D eigenvalue weighted by molar-refractivity contribution is 8.00. The molecule has 0 saturated carbocycles. The average molecular weight is 213 g/mol. The number of thioether (sulfide) groups is 1. The molecule has 0 aromatic carbocycles. The van der Waals surface area contributed by atoms with E-state index in [2.05, 4.69) is 39.7 Å². The molecule has 1 rings (SSSR count). The van der Waals surface area contributed by atoms with Gasteiger partial charge in [-0.05, 0) is 20.8 Å². The first kappa shape index (κ1) is 11.4. The predicted molar refractivity (Wildman–Crippen MR) is 62.6 cm³/mol. The van der Waals surface area contributed by atoms with E-state index >= 15 is 0 Å². The zero-order valence-corrected chi connectivity index (χ0v) is 10.4. The van der Waals surface area contributed by atoms with Crippen LogP contribution in [0.25, 0.3) is 0 Å². The molecule has 0 unspecified atom stereocenters. The van der Waals surface area contributed by atoms with Crippen molar-refractivity contribution in [2.45, 2.75) is 50.3 Å². The Balaban J connectivity index is 2.97. The minimum Gasteiger partial charge on any atom is -0.383 e. The summed E-state index contributed by atoms with van der Waals surface area (Å²) in [6.07, 6.45) is 1.85. The third-order valence-corrected chi connectivity index (χ3v) is 2.81. The minimum absolute atomic E-state index is 0.0418. The molecule has 0 aliphatic rings. The van der Waals surface area contributed by atoms with Gasteiger partial charge in [-0.2, -0.15) is 5.10 Å². The zero-order chi connectivity index (χ0) is 10.9. The second kappa shape index (κ2) is 3.85. The smallest absolute Gasteiger partial charge is 0.136 e. The lowest BCUT2D eigenvalue weighted by atomic mass is 10.1. The standard InChI is InChI=1S/C10H19N3S/c1-7(2)14-8-6-12-13(9(8)11)10(3,4)5/h6-7H,11H2,1-5H3. The molecule has 0 fully saturated rings. The summed E-state index contributed by atoms with van der Waals surface area (Å²) in [5, 5.41) is 4.85. The maximum absolute atomic E-state index is 6.02. The Hall–Kier alpha value is -0.640. The van der Waals surface area contributed by atoms with Gasteiger partial charge in [0.05, 0.1) is 16.6 Å². The van der Waals surface area contributed by atoms with Crippen molar-refractivity contribution in [2.24, 2.45) is 0 Å². The van der Waals surface area contributed by atoms with Crippen LogP contribution >= 0.6 is 11.8 Å². The van der Waals surface area contributed by atoms with Gasteiger partial charge < -0.3 is 5.73 Å². The summed E-state index contributed by atoms with van der Waals surface area (Å²) >= 11 is 1.75. The second-order valence-electron chi connectivity index (χ2n) is 4.64. The van der Waals surface area contributed by atoms with Gasteiger partial charge >= 0.3 is 0 Å². The number of anilines is 1. The van der Waals surface area contributed by atoms with Gasteiger partial charge in [-0.3, -0.25) is 0 Å². The van der Waals surface area contributed by atoms with Crippen LogP contribution < -0.4 is 5.73 Å². The highest BCUT2D eigenvalue weighted by Gasteiger charge is 2.19. The fourth-order valence-electron chi connectivity index (χ4n) is 1.22. The molecule has 0 atom stereocenters. The van der Waals surface area contributed by atoms with Crippen molar-refractivity contribution < 1.29 is 0 Å². The van der Waals surface area contributed by atoms with Crippen LogP contribution in [-0.4, -0.2) is 15.0 Å². The van der Waals surface area contributed by atoms with E-state index in [1.165, 1.54) is 0 Å². The summed E-state index contributed by atoms with van der Waals surface area (Å²) in [7, 11) is 0. The maximum Gasteiger partial charge on any atom is 0.136 e. The summed E-state index contributed by atoms with van der Waals surface area (Å²) in [6, 6.07) is 0. The lowest BCUT2D eigenvalue weighted by molar-refractivity contribution is 0.361. The molecule has 0 amide bonds. The molecule has 1 aromatic rings. The van der Waals surface area contributed by atoms with Gasteiger partial charge in [-0.25, -0.2) is 4.68 Å². The van der Waals surface area contributed by atoms with E-state index in [9.17, 15) is 0 Å². The minimum atomic E-state index is -0.0418. The van der Waals surface area contributed by atoms with Crippen molar-refractivity contribution in [2.75, 3.05) is 5.73 Å². The molecular weight excluding hydrogens is 194 g/mol. The largest absolute Gasteiger partial charge is 0.383 e. The van der Waals surface area contributed by atoms with Crippen molar-refractivity contribution in [3.8, 4) is 0 Å².